The van der Waals surface area contributed by atoms with E-state index in [2.05, 4.69) is 12.1 Å². The average Bonchev–Trinajstić information content (AvgIpc) is 2.97. The quantitative estimate of drug-likeness (QED) is 0.795. The van der Waals surface area contributed by atoms with Crippen molar-refractivity contribution in [3.63, 3.8) is 0 Å². The molecule has 1 aliphatic carbocycles. The summed E-state index contributed by atoms with van der Waals surface area (Å²) in [5.41, 5.74) is 1.32. The molecule has 76 valence electrons. The first-order valence-electron chi connectivity index (χ1n) is 5.04. The number of hydrogen-bond donors (Lipinski definition) is 1. The van der Waals surface area contributed by atoms with Gasteiger partial charge in [0.05, 0.1) is 13.2 Å². The summed E-state index contributed by atoms with van der Waals surface area (Å²) in [4.78, 5) is 0. The van der Waals surface area contributed by atoms with Gasteiger partial charge < -0.3 is 9.84 Å². The molecule has 0 aromatic heterocycles. The zero-order valence-electron chi connectivity index (χ0n) is 8.60. The third-order valence-electron chi connectivity index (χ3n) is 3.00. The number of aliphatic hydroxyl groups excluding tert-OH is 1. The molecule has 3 atom stereocenters. The van der Waals surface area contributed by atoms with E-state index in [0.717, 1.165) is 12.2 Å². The van der Waals surface area contributed by atoms with Crippen LogP contribution in [0.1, 0.15) is 24.8 Å². The van der Waals surface area contributed by atoms with Crippen LogP contribution in [0.25, 0.3) is 0 Å². The minimum absolute atomic E-state index is 0.179. The van der Waals surface area contributed by atoms with Gasteiger partial charge in [0.15, 0.2) is 0 Å². The molecule has 1 aromatic carbocycles. The predicted octanol–water partition coefficient (Wildman–Crippen LogP) is 2.18. The molecule has 0 amide bonds. The third-order valence-corrected chi connectivity index (χ3v) is 3.00. The summed E-state index contributed by atoms with van der Waals surface area (Å²) >= 11 is 0. The van der Waals surface area contributed by atoms with Crippen LogP contribution in [-0.4, -0.2) is 18.3 Å². The molecule has 0 bridgehead atoms. The van der Waals surface area contributed by atoms with Crippen LogP contribution in [0.3, 0.4) is 0 Å². The van der Waals surface area contributed by atoms with E-state index in [-0.39, 0.29) is 6.10 Å². The van der Waals surface area contributed by atoms with Gasteiger partial charge in [0, 0.05) is 0 Å². The molecule has 0 spiro atoms. The molecule has 14 heavy (non-hydrogen) atoms. The molecular weight excluding hydrogens is 176 g/mol. The number of aliphatic hydroxyl groups is 1. The van der Waals surface area contributed by atoms with Gasteiger partial charge in [0.2, 0.25) is 0 Å². The number of benzene rings is 1. The van der Waals surface area contributed by atoms with Gasteiger partial charge >= 0.3 is 0 Å². The van der Waals surface area contributed by atoms with Gasteiger partial charge in [0.25, 0.3) is 0 Å². The predicted molar refractivity (Wildman–Crippen MR) is 55.5 cm³/mol. The highest BCUT2D eigenvalue weighted by Gasteiger charge is 2.41. The molecule has 2 rings (SSSR count). The largest absolute Gasteiger partial charge is 0.497 e. The van der Waals surface area contributed by atoms with E-state index in [1.807, 2.05) is 19.1 Å². The zero-order chi connectivity index (χ0) is 10.1. The minimum atomic E-state index is -0.179. The van der Waals surface area contributed by atoms with E-state index in [1.54, 1.807) is 7.11 Å². The lowest BCUT2D eigenvalue weighted by Gasteiger charge is -2.04. The molecule has 1 aliphatic rings. The first-order chi connectivity index (χ1) is 6.72. The number of hydrogen-bond acceptors (Lipinski definition) is 2. The van der Waals surface area contributed by atoms with Crippen LogP contribution < -0.4 is 4.74 Å². The van der Waals surface area contributed by atoms with Crippen molar-refractivity contribution >= 4 is 0 Å². The summed E-state index contributed by atoms with van der Waals surface area (Å²) in [6, 6.07) is 8.14. The van der Waals surface area contributed by atoms with Crippen LogP contribution in [0.5, 0.6) is 5.75 Å². The van der Waals surface area contributed by atoms with Crippen molar-refractivity contribution in [1.29, 1.82) is 0 Å². The Bertz CT molecular complexity index is 303. The molecule has 1 aromatic rings. The third kappa shape index (κ3) is 1.75. The van der Waals surface area contributed by atoms with E-state index in [0.29, 0.717) is 11.8 Å². The van der Waals surface area contributed by atoms with Crippen LogP contribution in [-0.2, 0) is 0 Å². The van der Waals surface area contributed by atoms with Crippen molar-refractivity contribution in [2.45, 2.75) is 25.4 Å². The smallest absolute Gasteiger partial charge is 0.118 e. The number of methoxy groups -OCH3 is 1. The lowest BCUT2D eigenvalue weighted by molar-refractivity contribution is 0.169. The van der Waals surface area contributed by atoms with Gasteiger partial charge in [0.1, 0.15) is 5.75 Å². The molecule has 0 unspecified atom stereocenters. The molecule has 0 saturated heterocycles. The first kappa shape index (κ1) is 9.53. The van der Waals surface area contributed by atoms with Gasteiger partial charge in [-0.3, -0.25) is 0 Å². The van der Waals surface area contributed by atoms with Crippen LogP contribution in [0.15, 0.2) is 24.3 Å². The van der Waals surface area contributed by atoms with Crippen molar-refractivity contribution in [2.75, 3.05) is 7.11 Å². The van der Waals surface area contributed by atoms with E-state index in [1.165, 1.54) is 5.56 Å². The molecule has 1 saturated carbocycles. The lowest BCUT2D eigenvalue weighted by Crippen LogP contribution is -2.03. The standard InChI is InChI=1S/C12H16O2/c1-8(13)11-7-12(11)9-3-5-10(14-2)6-4-9/h3-6,8,11-13H,7H2,1-2H3/t8-,11+,12+/m1/s1. The molecule has 0 heterocycles. The Balaban J connectivity index is 2.05. The molecule has 2 heteroatoms. The van der Waals surface area contributed by atoms with Crippen LogP contribution in [0.2, 0.25) is 0 Å². The maximum absolute atomic E-state index is 9.40. The van der Waals surface area contributed by atoms with Crippen LogP contribution in [0, 0.1) is 5.92 Å². The molecule has 1 N–H and O–H groups in total. The molecule has 1 fully saturated rings. The zero-order valence-corrected chi connectivity index (χ0v) is 8.60. The fourth-order valence-electron chi connectivity index (χ4n) is 1.98. The van der Waals surface area contributed by atoms with Gasteiger partial charge in [-0.2, -0.15) is 0 Å². The Morgan fingerprint density at radius 3 is 2.43 bits per heavy atom. The molecule has 0 aliphatic heterocycles. The van der Waals surface area contributed by atoms with Crippen molar-refractivity contribution in [3.05, 3.63) is 29.8 Å². The fraction of sp³-hybridized carbons (Fsp3) is 0.500. The van der Waals surface area contributed by atoms with E-state index < -0.39 is 0 Å². The van der Waals surface area contributed by atoms with E-state index >= 15 is 0 Å². The number of rotatable bonds is 3. The van der Waals surface area contributed by atoms with Gasteiger partial charge in [-0.1, -0.05) is 12.1 Å². The molecule has 0 radical (unpaired) electrons. The highest BCUT2D eigenvalue weighted by atomic mass is 16.5. The SMILES string of the molecule is COc1ccc([C@@H]2C[C@H]2[C@@H](C)O)cc1. The summed E-state index contributed by atoms with van der Waals surface area (Å²) in [6.07, 6.45) is 0.936. The van der Waals surface area contributed by atoms with Crippen molar-refractivity contribution in [2.24, 2.45) is 5.92 Å². The Morgan fingerprint density at radius 1 is 1.36 bits per heavy atom. The second kappa shape index (κ2) is 3.62. The normalized spacial score (nSPS) is 27.1. The summed E-state index contributed by atoms with van der Waals surface area (Å²) in [7, 11) is 1.67. The highest BCUT2D eigenvalue weighted by Crippen LogP contribution is 2.49. The maximum Gasteiger partial charge on any atom is 0.118 e. The van der Waals surface area contributed by atoms with Gasteiger partial charge in [-0.25, -0.2) is 0 Å². The monoisotopic (exact) mass is 192 g/mol. The van der Waals surface area contributed by atoms with E-state index in [9.17, 15) is 5.11 Å². The van der Waals surface area contributed by atoms with Crippen LogP contribution >= 0.6 is 0 Å². The summed E-state index contributed by atoms with van der Waals surface area (Å²) in [5.74, 6) is 1.91. The Morgan fingerprint density at radius 2 is 2.00 bits per heavy atom. The van der Waals surface area contributed by atoms with Crippen molar-refractivity contribution < 1.29 is 9.84 Å². The first-order valence-corrected chi connectivity index (χ1v) is 5.04. The van der Waals surface area contributed by atoms with Crippen LogP contribution in [0.4, 0.5) is 0 Å². The second-order valence-corrected chi connectivity index (χ2v) is 4.02. The van der Waals surface area contributed by atoms with Crippen molar-refractivity contribution in [3.8, 4) is 5.75 Å². The molecular formula is C12H16O2. The Kier molecular flexibility index (Phi) is 2.46. The Labute approximate surface area is 84.5 Å². The lowest BCUT2D eigenvalue weighted by atomic mass is 10.1. The summed E-state index contributed by atoms with van der Waals surface area (Å²) in [5, 5.41) is 9.40. The second-order valence-electron chi connectivity index (χ2n) is 4.02. The number of ether oxygens (including phenoxy) is 1. The van der Waals surface area contributed by atoms with Gasteiger partial charge in [-0.15, -0.1) is 0 Å². The molecule has 2 nitrogen and oxygen atoms in total. The summed E-state index contributed by atoms with van der Waals surface area (Å²) in [6.45, 7) is 1.87. The minimum Gasteiger partial charge on any atom is -0.497 e. The van der Waals surface area contributed by atoms with Crippen molar-refractivity contribution in [1.82, 2.24) is 0 Å². The summed E-state index contributed by atoms with van der Waals surface area (Å²) < 4.78 is 5.09. The topological polar surface area (TPSA) is 29.5 Å². The van der Waals surface area contributed by atoms with Gasteiger partial charge in [-0.05, 0) is 42.9 Å². The Hall–Kier alpha value is -1.02. The van der Waals surface area contributed by atoms with E-state index in [4.69, 9.17) is 4.74 Å². The highest BCUT2D eigenvalue weighted by molar-refractivity contribution is 5.32. The maximum atomic E-state index is 9.40. The average molecular weight is 192 g/mol. The fourth-order valence-corrected chi connectivity index (χ4v) is 1.98.